The van der Waals surface area contributed by atoms with Crippen molar-refractivity contribution in [1.29, 1.82) is 5.26 Å². The molecule has 2 heterocycles. The van der Waals surface area contributed by atoms with E-state index in [1.54, 1.807) is 24.0 Å². The third kappa shape index (κ3) is 5.63. The fourth-order valence-electron chi connectivity index (χ4n) is 4.28. The Morgan fingerprint density at radius 3 is 2.81 bits per heavy atom. The Labute approximate surface area is 183 Å². The number of rotatable bonds is 6. The first kappa shape index (κ1) is 22.8. The van der Waals surface area contributed by atoms with Gasteiger partial charge >= 0.3 is 12.1 Å². The van der Waals surface area contributed by atoms with Crippen LogP contribution in [-0.2, 0) is 14.3 Å². The zero-order chi connectivity index (χ0) is 22.6. The summed E-state index contributed by atoms with van der Waals surface area (Å²) in [6, 6.07) is 7.56. The van der Waals surface area contributed by atoms with Crippen LogP contribution in [0.3, 0.4) is 0 Å². The molecular formula is C24H31N3O4. The average Bonchev–Trinajstić information content (AvgIpc) is 3.29. The van der Waals surface area contributed by atoms with Gasteiger partial charge in [0, 0.05) is 12.6 Å². The minimum absolute atomic E-state index is 0.0518. The molecule has 31 heavy (non-hydrogen) atoms. The van der Waals surface area contributed by atoms with Gasteiger partial charge in [-0.05, 0) is 76.8 Å². The first-order valence-corrected chi connectivity index (χ1v) is 10.9. The Kier molecular flexibility index (Phi) is 6.68. The SMILES string of the molecule is CCOC(=O)CC1(CC[C@@H]2CCCN2C(=O)OC(C)(C)C)C=c2ccc(C#N)cc2=N1. The summed E-state index contributed by atoms with van der Waals surface area (Å²) in [5.41, 5.74) is -0.732. The van der Waals surface area contributed by atoms with E-state index in [0.717, 1.165) is 23.4 Å². The third-order valence-electron chi connectivity index (χ3n) is 5.60. The summed E-state index contributed by atoms with van der Waals surface area (Å²) in [5.74, 6) is -0.300. The highest BCUT2D eigenvalue weighted by molar-refractivity contribution is 5.73. The van der Waals surface area contributed by atoms with E-state index in [0.29, 0.717) is 31.6 Å². The molecule has 1 aromatic rings. The molecule has 1 unspecified atom stereocenters. The van der Waals surface area contributed by atoms with Crippen LogP contribution in [0.25, 0.3) is 6.08 Å². The van der Waals surface area contributed by atoms with Crippen molar-refractivity contribution in [3.8, 4) is 6.07 Å². The zero-order valence-corrected chi connectivity index (χ0v) is 18.8. The van der Waals surface area contributed by atoms with E-state index in [1.807, 2.05) is 32.9 Å². The largest absolute Gasteiger partial charge is 0.466 e. The number of nitriles is 1. The fourth-order valence-corrected chi connectivity index (χ4v) is 4.28. The third-order valence-corrected chi connectivity index (χ3v) is 5.60. The second-order valence-corrected chi connectivity index (χ2v) is 9.24. The molecule has 1 fully saturated rings. The summed E-state index contributed by atoms with van der Waals surface area (Å²) >= 11 is 0. The summed E-state index contributed by atoms with van der Waals surface area (Å²) in [4.78, 5) is 31.7. The van der Waals surface area contributed by atoms with Gasteiger partial charge in [0.2, 0.25) is 0 Å². The lowest BCUT2D eigenvalue weighted by atomic mass is 9.88. The van der Waals surface area contributed by atoms with Crippen LogP contribution in [-0.4, -0.2) is 47.3 Å². The van der Waals surface area contributed by atoms with Crippen LogP contribution in [0.1, 0.15) is 65.4 Å². The molecule has 0 aliphatic carbocycles. The number of hydrogen-bond donors (Lipinski definition) is 0. The van der Waals surface area contributed by atoms with Crippen molar-refractivity contribution >= 4 is 18.1 Å². The number of amides is 1. The number of ether oxygens (including phenoxy) is 2. The Balaban J connectivity index is 1.80. The van der Waals surface area contributed by atoms with Gasteiger partial charge in [0.15, 0.2) is 0 Å². The van der Waals surface area contributed by atoms with E-state index in [-0.39, 0.29) is 24.5 Å². The maximum absolute atomic E-state index is 12.6. The summed E-state index contributed by atoms with van der Waals surface area (Å²) < 4.78 is 10.8. The normalized spacial score (nSPS) is 22.2. The molecule has 3 rings (SSSR count). The van der Waals surface area contributed by atoms with Crippen molar-refractivity contribution in [2.75, 3.05) is 13.2 Å². The molecule has 0 aromatic heterocycles. The molecule has 7 heteroatoms. The van der Waals surface area contributed by atoms with Crippen LogP contribution in [0.4, 0.5) is 4.79 Å². The number of nitrogens with zero attached hydrogens (tertiary/aromatic N) is 3. The van der Waals surface area contributed by atoms with Gasteiger partial charge in [0.25, 0.3) is 0 Å². The number of carbonyl (C=O) groups excluding carboxylic acids is 2. The number of esters is 1. The highest BCUT2D eigenvalue weighted by Crippen LogP contribution is 2.32. The van der Waals surface area contributed by atoms with Crippen molar-refractivity contribution in [1.82, 2.24) is 4.90 Å². The number of fused-ring (bicyclic) bond motifs is 1. The Morgan fingerprint density at radius 1 is 1.35 bits per heavy atom. The van der Waals surface area contributed by atoms with Gasteiger partial charge in [-0.15, -0.1) is 0 Å². The topological polar surface area (TPSA) is 92.0 Å². The quantitative estimate of drug-likeness (QED) is 0.654. The molecule has 0 spiro atoms. The van der Waals surface area contributed by atoms with Crippen LogP contribution in [0.5, 0.6) is 0 Å². The standard InChI is InChI=1S/C24H31N3O4/c1-5-30-21(28)15-24(14-18-9-8-17(16-25)13-20(18)26-24)11-10-19-7-6-12-27(19)22(29)31-23(2,3)4/h8-9,13-14,19H,5-7,10-12,15H2,1-4H3/t19-,24?/m0/s1. The monoisotopic (exact) mass is 425 g/mol. The van der Waals surface area contributed by atoms with Gasteiger partial charge in [0.1, 0.15) is 5.60 Å². The van der Waals surface area contributed by atoms with Crippen molar-refractivity contribution < 1.29 is 19.1 Å². The van der Waals surface area contributed by atoms with Crippen LogP contribution in [0.2, 0.25) is 0 Å². The lowest BCUT2D eigenvalue weighted by molar-refractivity contribution is -0.144. The van der Waals surface area contributed by atoms with E-state index in [4.69, 9.17) is 14.5 Å². The van der Waals surface area contributed by atoms with E-state index >= 15 is 0 Å². The number of hydrogen-bond acceptors (Lipinski definition) is 6. The Bertz CT molecular complexity index is 1010. The van der Waals surface area contributed by atoms with Crippen LogP contribution in [0, 0.1) is 11.3 Å². The molecule has 0 saturated carbocycles. The van der Waals surface area contributed by atoms with Crippen LogP contribution < -0.4 is 10.6 Å². The maximum Gasteiger partial charge on any atom is 0.410 e. The fraction of sp³-hybridized carbons (Fsp3) is 0.583. The van der Waals surface area contributed by atoms with Gasteiger partial charge in [-0.2, -0.15) is 5.26 Å². The molecular weight excluding hydrogens is 394 g/mol. The summed E-state index contributed by atoms with van der Waals surface area (Å²) in [6.07, 6.45) is 5.00. The van der Waals surface area contributed by atoms with Crippen molar-refractivity contribution in [2.45, 2.75) is 77.0 Å². The molecule has 2 aliphatic rings. The predicted molar refractivity (Wildman–Crippen MR) is 116 cm³/mol. The summed E-state index contributed by atoms with van der Waals surface area (Å²) in [5, 5.41) is 10.8. The molecule has 0 N–H and O–H groups in total. The number of carbonyl (C=O) groups is 2. The minimum atomic E-state index is -0.731. The van der Waals surface area contributed by atoms with E-state index in [2.05, 4.69) is 6.07 Å². The smallest absolute Gasteiger partial charge is 0.410 e. The maximum atomic E-state index is 12.6. The minimum Gasteiger partial charge on any atom is -0.466 e. The first-order valence-electron chi connectivity index (χ1n) is 10.9. The lowest BCUT2D eigenvalue weighted by Gasteiger charge is -2.31. The second kappa shape index (κ2) is 9.09. The molecule has 166 valence electrons. The Hall–Kier alpha value is -2.88. The summed E-state index contributed by atoms with van der Waals surface area (Å²) in [6.45, 7) is 8.37. The molecule has 1 aromatic carbocycles. The predicted octanol–water partition coefficient (Wildman–Crippen LogP) is 2.84. The van der Waals surface area contributed by atoms with Gasteiger partial charge in [-0.3, -0.25) is 9.79 Å². The molecule has 0 bridgehead atoms. The van der Waals surface area contributed by atoms with Crippen LogP contribution in [0.15, 0.2) is 23.2 Å². The van der Waals surface area contributed by atoms with Gasteiger partial charge < -0.3 is 14.4 Å². The summed E-state index contributed by atoms with van der Waals surface area (Å²) in [7, 11) is 0. The van der Waals surface area contributed by atoms with Crippen molar-refractivity contribution in [2.24, 2.45) is 4.99 Å². The van der Waals surface area contributed by atoms with Crippen molar-refractivity contribution in [3.05, 3.63) is 34.3 Å². The van der Waals surface area contributed by atoms with Crippen molar-refractivity contribution in [3.63, 3.8) is 0 Å². The molecule has 1 saturated heterocycles. The number of benzene rings is 1. The van der Waals surface area contributed by atoms with Crippen LogP contribution >= 0.6 is 0 Å². The molecule has 0 radical (unpaired) electrons. The highest BCUT2D eigenvalue weighted by Gasteiger charge is 2.37. The van der Waals surface area contributed by atoms with E-state index in [9.17, 15) is 14.9 Å². The molecule has 7 nitrogen and oxygen atoms in total. The van der Waals surface area contributed by atoms with Gasteiger partial charge in [-0.1, -0.05) is 6.07 Å². The second-order valence-electron chi connectivity index (χ2n) is 9.24. The van der Waals surface area contributed by atoms with E-state index < -0.39 is 11.1 Å². The molecule has 2 atom stereocenters. The number of likely N-dealkylation sites (tertiary alicyclic amines) is 1. The molecule has 2 aliphatic heterocycles. The molecule has 1 amide bonds. The average molecular weight is 426 g/mol. The van der Waals surface area contributed by atoms with Gasteiger partial charge in [-0.25, -0.2) is 4.79 Å². The first-order chi connectivity index (χ1) is 14.6. The zero-order valence-electron chi connectivity index (χ0n) is 18.8. The van der Waals surface area contributed by atoms with Gasteiger partial charge in [0.05, 0.1) is 35.6 Å². The Morgan fingerprint density at radius 2 is 2.13 bits per heavy atom. The van der Waals surface area contributed by atoms with E-state index in [1.165, 1.54) is 0 Å². The lowest BCUT2D eigenvalue weighted by Crippen LogP contribution is -2.40. The highest BCUT2D eigenvalue weighted by atomic mass is 16.6.